The van der Waals surface area contributed by atoms with E-state index >= 15 is 0 Å². The second-order valence-electron chi connectivity index (χ2n) is 22.8. The van der Waals surface area contributed by atoms with Crippen molar-refractivity contribution >= 4 is 19.8 Å². The zero-order valence-corrected chi connectivity index (χ0v) is 49.6. The summed E-state index contributed by atoms with van der Waals surface area (Å²) in [5, 5.41) is 0. The van der Waals surface area contributed by atoms with Gasteiger partial charge in [0.1, 0.15) is 19.8 Å². The average Bonchev–Trinajstić information content (AvgIpc) is 3.34. The summed E-state index contributed by atoms with van der Waals surface area (Å²) in [6.45, 7) is 4.49. The molecule has 0 aromatic rings. The van der Waals surface area contributed by atoms with Crippen LogP contribution in [0.1, 0.15) is 322 Å². The Bertz CT molecular complexity index is 1220. The van der Waals surface area contributed by atoms with Gasteiger partial charge in [-0.15, -0.1) is 0 Å². The van der Waals surface area contributed by atoms with Crippen molar-refractivity contribution in [3.63, 3.8) is 0 Å². The van der Waals surface area contributed by atoms with Crippen LogP contribution in [0.4, 0.5) is 0 Å². The molecule has 1 N–H and O–H groups in total. The number of phosphoric ester groups is 1. The predicted octanol–water partition coefficient (Wildman–Crippen LogP) is 19.6. The Kier molecular flexibility index (Phi) is 53.6. The first kappa shape index (κ1) is 70.8. The Hall–Kier alpha value is -1.25. The molecule has 0 aliphatic heterocycles. The quantitative estimate of drug-likeness (QED) is 0.0211. The lowest BCUT2D eigenvalue weighted by atomic mass is 10.0. The SMILES string of the molecule is CCCCCCCC/C=C\CCCCCCCCCC(=O)OC(COC(=O)CCCCCCCCCCCCCCCCCCCCCCCCCCCCCCCCC)COP(=O)(O)OCC[N+](C)(C)C. The number of carbonyl (C=O) groups is 2. The maximum atomic E-state index is 12.8. The first-order valence-electron chi connectivity index (χ1n) is 31.4. The van der Waals surface area contributed by atoms with Gasteiger partial charge in [-0.1, -0.05) is 283 Å². The second kappa shape index (κ2) is 54.5. The molecular formula is C62H123NO8P+. The van der Waals surface area contributed by atoms with E-state index in [0.29, 0.717) is 23.9 Å². The molecule has 0 radical (unpaired) electrons. The summed E-state index contributed by atoms with van der Waals surface area (Å²) in [6, 6.07) is 0. The van der Waals surface area contributed by atoms with Crippen molar-refractivity contribution in [3.05, 3.63) is 12.2 Å². The van der Waals surface area contributed by atoms with Gasteiger partial charge < -0.3 is 18.9 Å². The lowest BCUT2D eigenvalue weighted by Gasteiger charge is -2.24. The highest BCUT2D eigenvalue weighted by Crippen LogP contribution is 2.43. The fourth-order valence-corrected chi connectivity index (χ4v) is 10.2. The van der Waals surface area contributed by atoms with Crippen molar-refractivity contribution in [3.8, 4) is 0 Å². The molecule has 10 heteroatoms. The Labute approximate surface area is 447 Å². The summed E-state index contributed by atoms with van der Waals surface area (Å²) in [5.74, 6) is -0.783. The van der Waals surface area contributed by atoms with Crippen LogP contribution in [0.3, 0.4) is 0 Å². The van der Waals surface area contributed by atoms with Crippen molar-refractivity contribution in [2.45, 2.75) is 328 Å². The topological polar surface area (TPSA) is 108 Å². The molecule has 72 heavy (non-hydrogen) atoms. The fourth-order valence-electron chi connectivity index (χ4n) is 9.43. The molecule has 2 unspecified atom stereocenters. The lowest BCUT2D eigenvalue weighted by Crippen LogP contribution is -2.37. The van der Waals surface area contributed by atoms with Gasteiger partial charge in [0.2, 0.25) is 0 Å². The van der Waals surface area contributed by atoms with E-state index < -0.39 is 26.5 Å². The van der Waals surface area contributed by atoms with E-state index in [-0.39, 0.29) is 25.6 Å². The molecule has 0 bridgehead atoms. The minimum absolute atomic E-state index is 0.0345. The van der Waals surface area contributed by atoms with Crippen molar-refractivity contribution in [2.75, 3.05) is 47.5 Å². The van der Waals surface area contributed by atoms with Crippen LogP contribution in [0.25, 0.3) is 0 Å². The van der Waals surface area contributed by atoms with Gasteiger partial charge >= 0.3 is 19.8 Å². The molecule has 0 aromatic carbocycles. The van der Waals surface area contributed by atoms with Crippen LogP contribution >= 0.6 is 7.82 Å². The standard InChI is InChI=1S/C62H122NO8P/c1-6-8-10-12-14-16-18-20-22-24-25-26-27-28-29-30-31-32-33-34-35-36-37-39-40-42-44-46-48-50-52-54-61(64)68-58-60(59-70-72(66,67)69-57-56-63(3,4)5)71-62(65)55-53-51-49-47-45-43-41-38-23-21-19-17-15-13-11-9-7-2/h21,23,60H,6-20,22,24-59H2,1-5H3/p+1/b23-21-. The Morgan fingerprint density at radius 1 is 0.417 bits per heavy atom. The molecule has 2 atom stereocenters. The number of hydrogen-bond donors (Lipinski definition) is 1. The number of carbonyl (C=O) groups excluding carboxylic acids is 2. The minimum Gasteiger partial charge on any atom is -0.462 e. The van der Waals surface area contributed by atoms with Gasteiger partial charge in [-0.3, -0.25) is 18.6 Å². The highest BCUT2D eigenvalue weighted by Gasteiger charge is 2.27. The summed E-state index contributed by atoms with van der Waals surface area (Å²) < 4.78 is 34.6. The summed E-state index contributed by atoms with van der Waals surface area (Å²) in [4.78, 5) is 35.7. The van der Waals surface area contributed by atoms with Crippen LogP contribution in [-0.4, -0.2) is 74.9 Å². The molecule has 0 aliphatic rings. The van der Waals surface area contributed by atoms with Crippen molar-refractivity contribution in [2.24, 2.45) is 0 Å². The predicted molar refractivity (Wildman–Crippen MR) is 308 cm³/mol. The van der Waals surface area contributed by atoms with E-state index in [2.05, 4.69) is 26.0 Å². The first-order chi connectivity index (χ1) is 35.0. The largest absolute Gasteiger partial charge is 0.472 e. The molecule has 0 aliphatic carbocycles. The molecule has 0 saturated carbocycles. The third kappa shape index (κ3) is 58.0. The highest BCUT2D eigenvalue weighted by molar-refractivity contribution is 7.47. The van der Waals surface area contributed by atoms with Crippen molar-refractivity contribution in [1.29, 1.82) is 0 Å². The number of allylic oxidation sites excluding steroid dienone is 2. The monoisotopic (exact) mass is 1040 g/mol. The summed E-state index contributed by atoms with van der Waals surface area (Å²) in [5.41, 5.74) is 0. The van der Waals surface area contributed by atoms with Crippen LogP contribution in [0.2, 0.25) is 0 Å². The van der Waals surface area contributed by atoms with Gasteiger partial charge in [-0.2, -0.15) is 0 Å². The van der Waals surface area contributed by atoms with Crippen LogP contribution in [0.5, 0.6) is 0 Å². The number of unbranched alkanes of at least 4 members (excludes halogenated alkanes) is 43. The first-order valence-corrected chi connectivity index (χ1v) is 32.9. The molecule has 0 fully saturated rings. The number of hydrogen-bond acceptors (Lipinski definition) is 7. The second-order valence-corrected chi connectivity index (χ2v) is 24.3. The number of esters is 2. The summed E-state index contributed by atoms with van der Waals surface area (Å²) in [6.07, 6.45) is 64.5. The maximum Gasteiger partial charge on any atom is 0.472 e. The highest BCUT2D eigenvalue weighted by atomic mass is 31.2. The molecule has 0 spiro atoms. The third-order valence-electron chi connectivity index (χ3n) is 14.3. The zero-order valence-electron chi connectivity index (χ0n) is 48.7. The molecule has 0 aromatic heterocycles. The van der Waals surface area contributed by atoms with Crippen LogP contribution in [-0.2, 0) is 32.7 Å². The van der Waals surface area contributed by atoms with E-state index in [1.807, 2.05) is 21.1 Å². The third-order valence-corrected chi connectivity index (χ3v) is 15.3. The van der Waals surface area contributed by atoms with E-state index in [4.69, 9.17) is 18.5 Å². The molecule has 0 rings (SSSR count). The van der Waals surface area contributed by atoms with Crippen molar-refractivity contribution < 1.29 is 42.1 Å². The van der Waals surface area contributed by atoms with Gasteiger partial charge in [0.15, 0.2) is 6.10 Å². The van der Waals surface area contributed by atoms with Gasteiger partial charge in [0, 0.05) is 12.8 Å². The number of nitrogens with zero attached hydrogens (tertiary/aromatic N) is 1. The Morgan fingerprint density at radius 3 is 1.03 bits per heavy atom. The van der Waals surface area contributed by atoms with Gasteiger partial charge in [0.25, 0.3) is 0 Å². The van der Waals surface area contributed by atoms with Crippen LogP contribution < -0.4 is 0 Å². The molecule has 0 heterocycles. The van der Waals surface area contributed by atoms with Crippen LogP contribution in [0, 0.1) is 0 Å². The Balaban J connectivity index is 3.98. The molecular weight excluding hydrogens is 918 g/mol. The van der Waals surface area contributed by atoms with E-state index in [1.54, 1.807) is 0 Å². The molecule has 0 amide bonds. The zero-order chi connectivity index (χ0) is 52.7. The van der Waals surface area contributed by atoms with Gasteiger partial charge in [-0.05, 0) is 38.5 Å². The molecule has 428 valence electrons. The van der Waals surface area contributed by atoms with Gasteiger partial charge in [-0.25, -0.2) is 4.57 Å². The fraction of sp³-hybridized carbons (Fsp3) is 0.935. The lowest BCUT2D eigenvalue weighted by molar-refractivity contribution is -0.870. The van der Waals surface area contributed by atoms with Gasteiger partial charge in [0.05, 0.1) is 27.7 Å². The molecule has 0 saturated heterocycles. The van der Waals surface area contributed by atoms with Crippen molar-refractivity contribution in [1.82, 2.24) is 0 Å². The number of quaternary nitrogens is 1. The van der Waals surface area contributed by atoms with E-state index in [9.17, 15) is 19.0 Å². The smallest absolute Gasteiger partial charge is 0.462 e. The van der Waals surface area contributed by atoms with E-state index in [1.165, 1.54) is 244 Å². The Morgan fingerprint density at radius 2 is 0.708 bits per heavy atom. The maximum absolute atomic E-state index is 12.8. The number of likely N-dealkylation sites (N-methyl/N-ethyl adjacent to an activating group) is 1. The number of rotatable bonds is 59. The summed E-state index contributed by atoms with van der Waals surface area (Å²) in [7, 11) is 1.49. The minimum atomic E-state index is -4.38. The number of ether oxygens (including phenoxy) is 2. The van der Waals surface area contributed by atoms with Crippen LogP contribution in [0.15, 0.2) is 12.2 Å². The molecule has 9 nitrogen and oxygen atoms in total. The van der Waals surface area contributed by atoms with E-state index in [0.717, 1.165) is 44.9 Å². The average molecular weight is 1040 g/mol. The summed E-state index contributed by atoms with van der Waals surface area (Å²) >= 11 is 0. The normalized spacial score (nSPS) is 13.2. The number of phosphoric acid groups is 1.